The number of ether oxygens (including phenoxy) is 2. The van der Waals surface area contributed by atoms with E-state index in [0.29, 0.717) is 11.3 Å². The summed E-state index contributed by atoms with van der Waals surface area (Å²) in [6.45, 7) is 0.249. The maximum Gasteiger partial charge on any atom is 0.231 e. The van der Waals surface area contributed by atoms with Gasteiger partial charge in [0.1, 0.15) is 0 Å². The van der Waals surface area contributed by atoms with Crippen molar-refractivity contribution in [2.24, 2.45) is 0 Å². The first kappa shape index (κ1) is 12.9. The van der Waals surface area contributed by atoms with Crippen molar-refractivity contribution < 1.29 is 14.3 Å². The second kappa shape index (κ2) is 5.51. The molecule has 1 aliphatic rings. The van der Waals surface area contributed by atoms with Crippen LogP contribution < -0.4 is 9.47 Å². The van der Waals surface area contributed by atoms with Crippen LogP contribution in [-0.2, 0) is 0 Å². The van der Waals surface area contributed by atoms with Crippen LogP contribution in [0.5, 0.6) is 11.5 Å². The Bertz CT molecular complexity index is 692. The van der Waals surface area contributed by atoms with E-state index in [1.165, 1.54) is 0 Å². The lowest BCUT2D eigenvalue weighted by Gasteiger charge is -1.98. The van der Waals surface area contributed by atoms with E-state index < -0.39 is 0 Å². The summed E-state index contributed by atoms with van der Waals surface area (Å²) in [5, 5.41) is 0. The standard InChI is InChI=1S/C16H11BrO3/c17-13-3-1-2-12(9-13)14(18)6-4-11-5-7-15-16(8-11)20-10-19-15/h1-9H,10H2/b6-4+. The van der Waals surface area contributed by atoms with Crippen molar-refractivity contribution in [2.45, 2.75) is 0 Å². The number of ketones is 1. The molecule has 20 heavy (non-hydrogen) atoms. The van der Waals surface area contributed by atoms with E-state index in [-0.39, 0.29) is 12.6 Å². The van der Waals surface area contributed by atoms with Gasteiger partial charge in [0.25, 0.3) is 0 Å². The van der Waals surface area contributed by atoms with E-state index in [9.17, 15) is 4.79 Å². The SMILES string of the molecule is O=C(/C=C/c1ccc2c(c1)OCO2)c1cccc(Br)c1. The number of hydrogen-bond acceptors (Lipinski definition) is 3. The molecule has 0 saturated heterocycles. The number of halogens is 1. The lowest BCUT2D eigenvalue weighted by Crippen LogP contribution is -1.93. The lowest BCUT2D eigenvalue weighted by molar-refractivity contribution is 0.104. The van der Waals surface area contributed by atoms with Gasteiger partial charge in [-0.05, 0) is 35.9 Å². The summed E-state index contributed by atoms with van der Waals surface area (Å²) in [7, 11) is 0. The highest BCUT2D eigenvalue weighted by atomic mass is 79.9. The van der Waals surface area contributed by atoms with Crippen LogP contribution in [0, 0.1) is 0 Å². The van der Waals surface area contributed by atoms with Gasteiger partial charge in [-0.2, -0.15) is 0 Å². The molecule has 1 aliphatic heterocycles. The summed E-state index contributed by atoms with van der Waals surface area (Å²) >= 11 is 3.35. The molecule has 0 aromatic heterocycles. The first-order valence-electron chi connectivity index (χ1n) is 6.10. The zero-order valence-electron chi connectivity index (χ0n) is 10.5. The number of benzene rings is 2. The number of carbonyl (C=O) groups is 1. The number of hydrogen-bond donors (Lipinski definition) is 0. The third kappa shape index (κ3) is 2.75. The molecule has 0 fully saturated rings. The van der Waals surface area contributed by atoms with Crippen LogP contribution in [0.1, 0.15) is 15.9 Å². The van der Waals surface area contributed by atoms with E-state index in [1.807, 2.05) is 30.3 Å². The van der Waals surface area contributed by atoms with Crippen LogP contribution >= 0.6 is 15.9 Å². The summed E-state index contributed by atoms with van der Waals surface area (Å²) in [6.07, 6.45) is 3.32. The lowest BCUT2D eigenvalue weighted by atomic mass is 10.1. The second-order valence-electron chi connectivity index (χ2n) is 4.32. The van der Waals surface area contributed by atoms with Crippen LogP contribution in [0.2, 0.25) is 0 Å². The molecule has 2 aromatic rings. The fourth-order valence-electron chi connectivity index (χ4n) is 1.93. The number of allylic oxidation sites excluding steroid dienone is 1. The molecule has 0 radical (unpaired) electrons. The van der Waals surface area contributed by atoms with Gasteiger partial charge in [0.15, 0.2) is 17.3 Å². The van der Waals surface area contributed by atoms with E-state index >= 15 is 0 Å². The largest absolute Gasteiger partial charge is 0.454 e. The smallest absolute Gasteiger partial charge is 0.231 e. The third-order valence-corrected chi connectivity index (χ3v) is 3.43. The molecule has 2 aromatic carbocycles. The minimum absolute atomic E-state index is 0.0380. The van der Waals surface area contributed by atoms with Crippen LogP contribution in [0.15, 0.2) is 53.0 Å². The number of fused-ring (bicyclic) bond motifs is 1. The monoisotopic (exact) mass is 330 g/mol. The van der Waals surface area contributed by atoms with Gasteiger partial charge in [0.2, 0.25) is 6.79 Å². The Morgan fingerprint density at radius 3 is 2.80 bits per heavy atom. The zero-order chi connectivity index (χ0) is 13.9. The van der Waals surface area contributed by atoms with Crippen molar-refractivity contribution in [3.05, 3.63) is 64.1 Å². The molecule has 0 unspecified atom stereocenters. The van der Waals surface area contributed by atoms with Crippen molar-refractivity contribution in [3.8, 4) is 11.5 Å². The summed E-state index contributed by atoms with van der Waals surface area (Å²) in [6, 6.07) is 12.9. The van der Waals surface area contributed by atoms with Crippen molar-refractivity contribution in [2.75, 3.05) is 6.79 Å². The maximum absolute atomic E-state index is 12.0. The van der Waals surface area contributed by atoms with Crippen molar-refractivity contribution >= 4 is 27.8 Å². The Labute approximate surface area is 125 Å². The molecular formula is C16H11BrO3. The van der Waals surface area contributed by atoms with Crippen molar-refractivity contribution in [3.63, 3.8) is 0 Å². The molecule has 1 heterocycles. The van der Waals surface area contributed by atoms with Gasteiger partial charge in [-0.1, -0.05) is 40.2 Å². The van der Waals surface area contributed by atoms with Gasteiger partial charge in [-0.25, -0.2) is 0 Å². The Morgan fingerprint density at radius 2 is 1.95 bits per heavy atom. The highest BCUT2D eigenvalue weighted by Gasteiger charge is 2.12. The minimum atomic E-state index is -0.0380. The summed E-state index contributed by atoms with van der Waals surface area (Å²) in [5.41, 5.74) is 1.55. The van der Waals surface area contributed by atoms with Gasteiger partial charge < -0.3 is 9.47 Å². The van der Waals surface area contributed by atoms with Crippen molar-refractivity contribution in [1.29, 1.82) is 0 Å². The van der Waals surface area contributed by atoms with E-state index in [1.54, 1.807) is 24.3 Å². The zero-order valence-corrected chi connectivity index (χ0v) is 12.1. The third-order valence-electron chi connectivity index (χ3n) is 2.93. The van der Waals surface area contributed by atoms with Crippen LogP contribution in [0.3, 0.4) is 0 Å². The molecule has 4 heteroatoms. The predicted octanol–water partition coefficient (Wildman–Crippen LogP) is 4.07. The van der Waals surface area contributed by atoms with E-state index in [2.05, 4.69) is 15.9 Å². The van der Waals surface area contributed by atoms with E-state index in [0.717, 1.165) is 15.8 Å². The molecule has 0 bridgehead atoms. The normalized spacial score (nSPS) is 12.8. The fraction of sp³-hybridized carbons (Fsp3) is 0.0625. The quantitative estimate of drug-likeness (QED) is 0.628. The van der Waals surface area contributed by atoms with Crippen LogP contribution in [0.4, 0.5) is 0 Å². The van der Waals surface area contributed by atoms with Crippen LogP contribution in [-0.4, -0.2) is 12.6 Å². The molecule has 0 N–H and O–H groups in total. The molecule has 0 saturated carbocycles. The number of rotatable bonds is 3. The topological polar surface area (TPSA) is 35.5 Å². The summed E-state index contributed by atoms with van der Waals surface area (Å²) in [4.78, 5) is 12.0. The molecule has 0 atom stereocenters. The van der Waals surface area contributed by atoms with Gasteiger partial charge >= 0.3 is 0 Å². The highest BCUT2D eigenvalue weighted by Crippen LogP contribution is 2.32. The number of carbonyl (C=O) groups excluding carboxylic acids is 1. The Hall–Kier alpha value is -2.07. The molecule has 0 amide bonds. The highest BCUT2D eigenvalue weighted by molar-refractivity contribution is 9.10. The van der Waals surface area contributed by atoms with Gasteiger partial charge in [-0.15, -0.1) is 0 Å². The summed E-state index contributed by atoms with van der Waals surface area (Å²) in [5.74, 6) is 1.41. The first-order chi connectivity index (χ1) is 9.72. The Kier molecular flexibility index (Phi) is 3.56. The molecule has 100 valence electrons. The van der Waals surface area contributed by atoms with E-state index in [4.69, 9.17) is 9.47 Å². The summed E-state index contributed by atoms with van der Waals surface area (Å²) < 4.78 is 11.4. The van der Waals surface area contributed by atoms with Crippen LogP contribution in [0.25, 0.3) is 6.08 Å². The Morgan fingerprint density at radius 1 is 1.10 bits per heavy atom. The Balaban J connectivity index is 1.78. The predicted molar refractivity (Wildman–Crippen MR) is 80.1 cm³/mol. The van der Waals surface area contributed by atoms with Gasteiger partial charge in [0.05, 0.1) is 0 Å². The first-order valence-corrected chi connectivity index (χ1v) is 6.89. The maximum atomic E-state index is 12.0. The van der Waals surface area contributed by atoms with Gasteiger partial charge in [-0.3, -0.25) is 4.79 Å². The minimum Gasteiger partial charge on any atom is -0.454 e. The van der Waals surface area contributed by atoms with Gasteiger partial charge in [0, 0.05) is 10.0 Å². The average Bonchev–Trinajstić information content (AvgIpc) is 2.92. The molecule has 0 aliphatic carbocycles. The fourth-order valence-corrected chi connectivity index (χ4v) is 2.33. The van der Waals surface area contributed by atoms with Crippen molar-refractivity contribution in [1.82, 2.24) is 0 Å². The molecule has 3 nitrogen and oxygen atoms in total. The second-order valence-corrected chi connectivity index (χ2v) is 5.24. The average molecular weight is 331 g/mol. The molecule has 0 spiro atoms. The molecular weight excluding hydrogens is 320 g/mol. The molecule has 3 rings (SSSR count).